The molecule has 0 aliphatic rings. The highest BCUT2D eigenvalue weighted by molar-refractivity contribution is 4.77. The first-order chi connectivity index (χ1) is 7.27. The fourth-order valence-electron chi connectivity index (χ4n) is 1.94. The van der Waals surface area contributed by atoms with Crippen molar-refractivity contribution in [1.29, 1.82) is 0 Å². The maximum absolute atomic E-state index is 3.62. The topological polar surface area (TPSA) is 12.0 Å². The van der Waals surface area contributed by atoms with E-state index in [1.807, 2.05) is 0 Å². The predicted octanol–water partition coefficient (Wildman–Crippen LogP) is 4.33. The molecule has 2 atom stereocenters. The SMILES string of the molecule is CCC(C)CC(CNCC(C)C)C(C)(C)C. The van der Waals surface area contributed by atoms with E-state index in [0.29, 0.717) is 5.41 Å². The zero-order chi connectivity index (χ0) is 12.8. The lowest BCUT2D eigenvalue weighted by Gasteiger charge is -2.33. The van der Waals surface area contributed by atoms with Gasteiger partial charge in [0.05, 0.1) is 0 Å². The largest absolute Gasteiger partial charge is 0.316 e. The van der Waals surface area contributed by atoms with Crippen molar-refractivity contribution in [3.63, 3.8) is 0 Å². The van der Waals surface area contributed by atoms with Crippen LogP contribution in [0.5, 0.6) is 0 Å². The first kappa shape index (κ1) is 16.0. The van der Waals surface area contributed by atoms with Crippen LogP contribution in [0.3, 0.4) is 0 Å². The molecule has 0 radical (unpaired) electrons. The van der Waals surface area contributed by atoms with Crippen molar-refractivity contribution < 1.29 is 0 Å². The van der Waals surface area contributed by atoms with Crippen LogP contribution < -0.4 is 5.32 Å². The van der Waals surface area contributed by atoms with Gasteiger partial charge in [-0.1, -0.05) is 54.9 Å². The van der Waals surface area contributed by atoms with Crippen LogP contribution in [-0.2, 0) is 0 Å². The Balaban J connectivity index is 4.12. The molecule has 98 valence electrons. The van der Waals surface area contributed by atoms with Crippen molar-refractivity contribution >= 4 is 0 Å². The number of hydrogen-bond donors (Lipinski definition) is 1. The van der Waals surface area contributed by atoms with Gasteiger partial charge in [-0.05, 0) is 42.7 Å². The molecule has 2 unspecified atom stereocenters. The number of hydrogen-bond acceptors (Lipinski definition) is 1. The normalized spacial score (nSPS) is 16.5. The van der Waals surface area contributed by atoms with Crippen LogP contribution in [0.4, 0.5) is 0 Å². The molecule has 0 saturated carbocycles. The first-order valence-electron chi connectivity index (χ1n) is 6.98. The van der Waals surface area contributed by atoms with Crippen molar-refractivity contribution in [3.8, 4) is 0 Å². The van der Waals surface area contributed by atoms with E-state index in [1.54, 1.807) is 0 Å². The van der Waals surface area contributed by atoms with Gasteiger partial charge >= 0.3 is 0 Å². The number of rotatable bonds is 7. The standard InChI is InChI=1S/C15H33N/c1-8-13(4)9-14(15(5,6)7)11-16-10-12(2)3/h12-14,16H,8-11H2,1-7H3. The third-order valence-corrected chi connectivity index (χ3v) is 3.55. The molecule has 0 aliphatic heterocycles. The van der Waals surface area contributed by atoms with Crippen molar-refractivity contribution in [2.24, 2.45) is 23.2 Å². The lowest BCUT2D eigenvalue weighted by atomic mass is 9.75. The van der Waals surface area contributed by atoms with Gasteiger partial charge in [0.1, 0.15) is 0 Å². The Labute approximate surface area is 103 Å². The van der Waals surface area contributed by atoms with E-state index in [4.69, 9.17) is 0 Å². The third kappa shape index (κ3) is 7.27. The van der Waals surface area contributed by atoms with Crippen molar-refractivity contribution in [2.75, 3.05) is 13.1 Å². The molecule has 0 saturated heterocycles. The van der Waals surface area contributed by atoms with Gasteiger partial charge in [0.15, 0.2) is 0 Å². The van der Waals surface area contributed by atoms with Gasteiger partial charge < -0.3 is 5.32 Å². The minimum Gasteiger partial charge on any atom is -0.316 e. The predicted molar refractivity (Wildman–Crippen MR) is 74.7 cm³/mol. The van der Waals surface area contributed by atoms with Gasteiger partial charge in [-0.25, -0.2) is 0 Å². The lowest BCUT2D eigenvalue weighted by Crippen LogP contribution is -2.34. The Hall–Kier alpha value is -0.0400. The molecule has 0 fully saturated rings. The van der Waals surface area contributed by atoms with E-state index in [9.17, 15) is 0 Å². The summed E-state index contributed by atoms with van der Waals surface area (Å²) in [7, 11) is 0. The van der Waals surface area contributed by atoms with E-state index >= 15 is 0 Å². The summed E-state index contributed by atoms with van der Waals surface area (Å²) < 4.78 is 0. The summed E-state index contributed by atoms with van der Waals surface area (Å²) in [6.45, 7) is 18.7. The van der Waals surface area contributed by atoms with E-state index in [1.165, 1.54) is 19.4 Å². The smallest absolute Gasteiger partial charge is 0.00153 e. The Morgan fingerprint density at radius 3 is 1.94 bits per heavy atom. The third-order valence-electron chi connectivity index (χ3n) is 3.55. The van der Waals surface area contributed by atoms with Crippen LogP contribution in [0, 0.1) is 23.2 Å². The molecule has 0 aromatic heterocycles. The van der Waals surface area contributed by atoms with Gasteiger partial charge in [0.2, 0.25) is 0 Å². The van der Waals surface area contributed by atoms with Crippen molar-refractivity contribution in [2.45, 2.75) is 61.3 Å². The van der Waals surface area contributed by atoms with Crippen molar-refractivity contribution in [1.82, 2.24) is 5.32 Å². The molecule has 1 heteroatoms. The van der Waals surface area contributed by atoms with E-state index < -0.39 is 0 Å². The minimum absolute atomic E-state index is 0.424. The van der Waals surface area contributed by atoms with Crippen LogP contribution in [0.25, 0.3) is 0 Å². The molecule has 0 rings (SSSR count). The van der Waals surface area contributed by atoms with Gasteiger partial charge in [0, 0.05) is 0 Å². The molecular weight excluding hydrogens is 194 g/mol. The maximum Gasteiger partial charge on any atom is -0.00153 e. The quantitative estimate of drug-likeness (QED) is 0.682. The van der Waals surface area contributed by atoms with Gasteiger partial charge in [-0.3, -0.25) is 0 Å². The molecule has 0 amide bonds. The highest BCUT2D eigenvalue weighted by atomic mass is 14.9. The molecule has 16 heavy (non-hydrogen) atoms. The molecule has 0 aliphatic carbocycles. The van der Waals surface area contributed by atoms with Crippen molar-refractivity contribution in [3.05, 3.63) is 0 Å². The summed E-state index contributed by atoms with van der Waals surface area (Å²) in [4.78, 5) is 0. The highest BCUT2D eigenvalue weighted by Crippen LogP contribution is 2.31. The first-order valence-corrected chi connectivity index (χ1v) is 6.98. The molecule has 0 heterocycles. The average Bonchev–Trinajstić information content (AvgIpc) is 2.13. The van der Waals surface area contributed by atoms with Gasteiger partial charge in [-0.2, -0.15) is 0 Å². The Kier molecular flexibility index (Phi) is 7.30. The summed E-state index contributed by atoms with van der Waals surface area (Å²) in [5, 5.41) is 3.62. The summed E-state index contributed by atoms with van der Waals surface area (Å²) >= 11 is 0. The molecule has 0 spiro atoms. The Bertz CT molecular complexity index is 167. The number of nitrogens with one attached hydrogen (secondary N) is 1. The van der Waals surface area contributed by atoms with Crippen LogP contribution in [0.1, 0.15) is 61.3 Å². The Morgan fingerprint density at radius 2 is 1.56 bits per heavy atom. The molecular formula is C15H33N. The lowest BCUT2D eigenvalue weighted by molar-refractivity contribution is 0.191. The molecule has 1 nitrogen and oxygen atoms in total. The maximum atomic E-state index is 3.62. The summed E-state index contributed by atoms with van der Waals surface area (Å²) in [6.07, 6.45) is 2.65. The second-order valence-corrected chi connectivity index (χ2v) is 6.86. The highest BCUT2D eigenvalue weighted by Gasteiger charge is 2.25. The van der Waals surface area contributed by atoms with Crippen LogP contribution >= 0.6 is 0 Å². The monoisotopic (exact) mass is 227 g/mol. The molecule has 0 bridgehead atoms. The Morgan fingerprint density at radius 1 is 1.00 bits per heavy atom. The summed E-state index contributed by atoms with van der Waals surface area (Å²) in [5.74, 6) is 2.40. The molecule has 1 N–H and O–H groups in total. The minimum atomic E-state index is 0.424. The van der Waals surface area contributed by atoms with E-state index in [0.717, 1.165) is 24.3 Å². The van der Waals surface area contributed by atoms with Crippen LogP contribution in [-0.4, -0.2) is 13.1 Å². The van der Waals surface area contributed by atoms with Gasteiger partial charge in [-0.15, -0.1) is 0 Å². The fraction of sp³-hybridized carbons (Fsp3) is 1.00. The van der Waals surface area contributed by atoms with E-state index in [2.05, 4.69) is 53.8 Å². The van der Waals surface area contributed by atoms with E-state index in [-0.39, 0.29) is 0 Å². The average molecular weight is 227 g/mol. The zero-order valence-corrected chi connectivity index (χ0v) is 12.6. The summed E-state index contributed by atoms with van der Waals surface area (Å²) in [5.41, 5.74) is 0.424. The van der Waals surface area contributed by atoms with Crippen LogP contribution in [0.15, 0.2) is 0 Å². The zero-order valence-electron chi connectivity index (χ0n) is 12.6. The molecule has 0 aromatic rings. The second-order valence-electron chi connectivity index (χ2n) is 6.86. The molecule has 0 aromatic carbocycles. The van der Waals surface area contributed by atoms with Crippen LogP contribution in [0.2, 0.25) is 0 Å². The fourth-order valence-corrected chi connectivity index (χ4v) is 1.94. The second kappa shape index (κ2) is 7.32. The van der Waals surface area contributed by atoms with Gasteiger partial charge in [0.25, 0.3) is 0 Å². The summed E-state index contributed by atoms with van der Waals surface area (Å²) in [6, 6.07) is 0.